The van der Waals surface area contributed by atoms with Gasteiger partial charge in [-0.25, -0.2) is 9.37 Å². The summed E-state index contributed by atoms with van der Waals surface area (Å²) in [6, 6.07) is 16.3. The van der Waals surface area contributed by atoms with Crippen LogP contribution in [0.25, 0.3) is 27.6 Å². The van der Waals surface area contributed by atoms with Crippen molar-refractivity contribution in [2.75, 3.05) is 25.6 Å². The summed E-state index contributed by atoms with van der Waals surface area (Å²) >= 11 is 0. The average molecular weight is 607 g/mol. The number of aliphatic hydroxyl groups is 1. The average Bonchev–Trinajstić information content (AvgIpc) is 3.89. The highest BCUT2D eigenvalue weighted by atomic mass is 19.1. The third-order valence-corrected chi connectivity index (χ3v) is 8.95. The lowest BCUT2D eigenvalue weighted by Gasteiger charge is -2.30. The Kier molecular flexibility index (Phi) is 7.56. The lowest BCUT2D eigenvalue weighted by Crippen LogP contribution is -2.41. The second-order valence-corrected chi connectivity index (χ2v) is 12.1. The van der Waals surface area contributed by atoms with Crippen LogP contribution in [0, 0.1) is 5.82 Å². The number of aliphatic hydroxyl groups excluding tert-OH is 1. The first kappa shape index (κ1) is 29.1. The maximum atomic E-state index is 15.2. The summed E-state index contributed by atoms with van der Waals surface area (Å²) in [6.45, 7) is 1.45. The molecule has 2 aliphatic rings. The maximum absolute atomic E-state index is 15.2. The fourth-order valence-corrected chi connectivity index (χ4v) is 6.28. The van der Waals surface area contributed by atoms with Crippen molar-refractivity contribution in [2.45, 2.75) is 37.8 Å². The maximum Gasteiger partial charge on any atom is 0.274 e. The minimum atomic E-state index is -0.534. The summed E-state index contributed by atoms with van der Waals surface area (Å²) in [6.07, 6.45) is 8.21. The van der Waals surface area contributed by atoms with Gasteiger partial charge in [-0.3, -0.25) is 24.4 Å². The van der Waals surface area contributed by atoms with Crippen LogP contribution in [0.15, 0.2) is 82.8 Å². The Morgan fingerprint density at radius 3 is 2.58 bits per heavy atom. The number of hydrogen-bond donors (Lipinski definition) is 3. The van der Waals surface area contributed by atoms with Crippen LogP contribution in [-0.2, 0) is 13.7 Å². The predicted molar refractivity (Wildman–Crippen MR) is 174 cm³/mol. The molecule has 1 atom stereocenters. The number of pyridine rings is 3. The van der Waals surface area contributed by atoms with Gasteiger partial charge in [-0.15, -0.1) is 0 Å². The van der Waals surface area contributed by atoms with E-state index in [0.717, 1.165) is 43.6 Å². The fourth-order valence-electron chi connectivity index (χ4n) is 6.28. The number of aromatic nitrogens is 3. The second-order valence-electron chi connectivity index (χ2n) is 12.1. The van der Waals surface area contributed by atoms with Gasteiger partial charge in [0.25, 0.3) is 11.1 Å². The summed E-state index contributed by atoms with van der Waals surface area (Å²) in [5.74, 6) is 0.363. The number of rotatable bonds is 7. The molecule has 7 rings (SSSR count). The number of nitrogens with zero attached hydrogens (tertiary/aromatic N) is 4. The molecule has 0 radical (unpaired) electrons. The molecule has 1 saturated carbocycles. The Morgan fingerprint density at radius 2 is 1.87 bits per heavy atom. The smallest absolute Gasteiger partial charge is 0.274 e. The van der Waals surface area contributed by atoms with Gasteiger partial charge in [-0.05, 0) is 84.6 Å². The molecule has 10 heteroatoms. The van der Waals surface area contributed by atoms with Crippen LogP contribution >= 0.6 is 0 Å². The number of fused-ring (bicyclic) bond motifs is 1. The molecule has 4 heterocycles. The highest BCUT2D eigenvalue weighted by Gasteiger charge is 2.25. The van der Waals surface area contributed by atoms with Gasteiger partial charge in [-0.1, -0.05) is 24.3 Å². The van der Waals surface area contributed by atoms with Crippen LogP contribution in [0.3, 0.4) is 0 Å². The summed E-state index contributed by atoms with van der Waals surface area (Å²) < 4.78 is 18.1. The summed E-state index contributed by atoms with van der Waals surface area (Å²) in [5, 5.41) is 17.8. The third kappa shape index (κ3) is 5.56. The van der Waals surface area contributed by atoms with Gasteiger partial charge in [0.05, 0.1) is 17.7 Å². The Bertz CT molecular complexity index is 2030. The molecule has 1 aliphatic heterocycles. The van der Waals surface area contributed by atoms with Crippen LogP contribution in [0.5, 0.6) is 0 Å². The van der Waals surface area contributed by atoms with Crippen LogP contribution in [0.4, 0.5) is 15.9 Å². The zero-order chi connectivity index (χ0) is 31.2. The normalized spacial score (nSPS) is 17.1. The van der Waals surface area contributed by atoms with Gasteiger partial charge in [-0.2, -0.15) is 0 Å². The van der Waals surface area contributed by atoms with E-state index in [1.54, 1.807) is 43.7 Å². The highest BCUT2D eigenvalue weighted by Crippen LogP contribution is 2.41. The molecular weight excluding hydrogens is 571 g/mol. The lowest BCUT2D eigenvalue weighted by molar-refractivity contribution is 0.220. The summed E-state index contributed by atoms with van der Waals surface area (Å²) in [7, 11) is 3.74. The summed E-state index contributed by atoms with van der Waals surface area (Å²) in [5.41, 5.74) is 3.82. The lowest BCUT2D eigenvalue weighted by atomic mass is 9.98. The van der Waals surface area contributed by atoms with E-state index in [9.17, 15) is 14.7 Å². The van der Waals surface area contributed by atoms with Crippen molar-refractivity contribution >= 4 is 22.3 Å². The standard InChI is InChI=1S/C35H35FN6O3/c1-40-12-11-29(38-20-40)23-8-9-32(37-17-23)39-30-16-25(18-41(2)34(30)44)26-4-3-5-31(27(26)19-43)42-13-10-22-14-24(21-6-7-21)15-28(36)33(22)35(42)45/h3-5,8-10,13-18,21,29,38,43H,6-7,11-12,19-20H2,1-2H3,(H,37,39). The first-order valence-electron chi connectivity index (χ1n) is 15.2. The second kappa shape index (κ2) is 11.7. The molecule has 2 aromatic carbocycles. The van der Waals surface area contributed by atoms with Crippen molar-refractivity contribution < 1.29 is 9.50 Å². The minimum Gasteiger partial charge on any atom is -0.392 e. The van der Waals surface area contributed by atoms with Crippen molar-refractivity contribution in [2.24, 2.45) is 7.05 Å². The Hall–Kier alpha value is -4.64. The predicted octanol–water partition coefficient (Wildman–Crippen LogP) is 4.93. The summed E-state index contributed by atoms with van der Waals surface area (Å²) in [4.78, 5) is 33.6. The van der Waals surface area contributed by atoms with E-state index in [-0.39, 0.29) is 23.6 Å². The number of nitrogens with one attached hydrogen (secondary N) is 2. The van der Waals surface area contributed by atoms with Crippen LogP contribution in [0.1, 0.15) is 47.9 Å². The van der Waals surface area contributed by atoms with Crippen molar-refractivity contribution in [1.82, 2.24) is 24.3 Å². The molecule has 1 unspecified atom stereocenters. The molecule has 0 spiro atoms. The number of aryl methyl sites for hydroxylation is 1. The largest absolute Gasteiger partial charge is 0.392 e. The first-order chi connectivity index (χ1) is 21.8. The van der Waals surface area contributed by atoms with Gasteiger partial charge in [0, 0.05) is 56.0 Å². The van der Waals surface area contributed by atoms with E-state index in [1.165, 1.54) is 15.2 Å². The van der Waals surface area contributed by atoms with E-state index < -0.39 is 11.4 Å². The molecular formula is C35H35FN6O3. The minimum absolute atomic E-state index is 0.0231. The Balaban J connectivity index is 1.23. The molecule has 45 heavy (non-hydrogen) atoms. The molecule has 3 N–H and O–H groups in total. The van der Waals surface area contributed by atoms with E-state index in [0.29, 0.717) is 45.2 Å². The zero-order valence-corrected chi connectivity index (χ0v) is 25.3. The van der Waals surface area contributed by atoms with Gasteiger partial charge >= 0.3 is 0 Å². The number of benzene rings is 2. The SMILES string of the molecule is CN1CCC(c2ccc(Nc3cc(-c4cccc(-n5ccc6cc(C7CC7)cc(F)c6c5=O)c4CO)cn(C)c3=O)nc2)NC1. The van der Waals surface area contributed by atoms with Crippen LogP contribution < -0.4 is 21.8 Å². The number of anilines is 2. The van der Waals surface area contributed by atoms with Crippen LogP contribution in [0.2, 0.25) is 0 Å². The molecule has 9 nitrogen and oxygen atoms in total. The molecule has 1 saturated heterocycles. The number of halogens is 1. The molecule has 0 bridgehead atoms. The fraction of sp³-hybridized carbons (Fsp3) is 0.286. The third-order valence-electron chi connectivity index (χ3n) is 8.95. The van der Waals surface area contributed by atoms with Gasteiger partial charge in [0.15, 0.2) is 0 Å². The van der Waals surface area contributed by atoms with Crippen LogP contribution in [-0.4, -0.2) is 44.4 Å². The van der Waals surface area contributed by atoms with Gasteiger partial charge in [0.2, 0.25) is 0 Å². The van der Waals surface area contributed by atoms with Gasteiger partial charge in [0.1, 0.15) is 17.3 Å². The van der Waals surface area contributed by atoms with Crippen molar-refractivity contribution in [1.29, 1.82) is 0 Å². The molecule has 0 amide bonds. The Labute approximate surface area is 259 Å². The Morgan fingerprint density at radius 1 is 1.02 bits per heavy atom. The quantitative estimate of drug-likeness (QED) is 0.242. The zero-order valence-electron chi connectivity index (χ0n) is 25.3. The van der Waals surface area contributed by atoms with E-state index in [2.05, 4.69) is 27.6 Å². The molecule has 230 valence electrons. The van der Waals surface area contributed by atoms with E-state index in [4.69, 9.17) is 0 Å². The molecule has 1 aliphatic carbocycles. The van der Waals surface area contributed by atoms with Crippen molar-refractivity contribution in [3.8, 4) is 16.8 Å². The monoisotopic (exact) mass is 606 g/mol. The van der Waals surface area contributed by atoms with Crippen molar-refractivity contribution in [3.05, 3.63) is 116 Å². The molecule has 3 aromatic heterocycles. The van der Waals surface area contributed by atoms with E-state index in [1.807, 2.05) is 30.5 Å². The topological polar surface area (TPSA) is 104 Å². The first-order valence-corrected chi connectivity index (χ1v) is 15.2. The van der Waals surface area contributed by atoms with Crippen molar-refractivity contribution in [3.63, 3.8) is 0 Å². The highest BCUT2D eigenvalue weighted by molar-refractivity contribution is 5.84. The van der Waals surface area contributed by atoms with E-state index >= 15 is 4.39 Å². The van der Waals surface area contributed by atoms with Gasteiger partial charge < -0.3 is 15.0 Å². The molecule has 5 aromatic rings. The number of hydrogen-bond acceptors (Lipinski definition) is 7. The molecule has 2 fully saturated rings.